The topological polar surface area (TPSA) is 42.0 Å². The van der Waals surface area contributed by atoms with Gasteiger partial charge in [0, 0.05) is 21.7 Å². The van der Waals surface area contributed by atoms with Crippen LogP contribution in [0.25, 0.3) is 11.3 Å². The van der Waals surface area contributed by atoms with Gasteiger partial charge in [0.15, 0.2) is 0 Å². The summed E-state index contributed by atoms with van der Waals surface area (Å²) >= 11 is 7.38. The molecule has 116 valence electrons. The molecule has 1 heterocycles. The molecule has 5 heteroatoms. The van der Waals surface area contributed by atoms with E-state index in [2.05, 4.69) is 10.3 Å². The average Bonchev–Trinajstić information content (AvgIpc) is 2.96. The second-order valence-electron chi connectivity index (χ2n) is 5.23. The zero-order valence-electron chi connectivity index (χ0n) is 12.5. The second kappa shape index (κ2) is 6.94. The highest BCUT2D eigenvalue weighted by atomic mass is 35.5. The van der Waals surface area contributed by atoms with E-state index in [1.54, 1.807) is 0 Å². The summed E-state index contributed by atoms with van der Waals surface area (Å²) in [6.07, 6.45) is 0.270. The third kappa shape index (κ3) is 4.18. The van der Waals surface area contributed by atoms with Crippen LogP contribution in [-0.2, 0) is 11.2 Å². The summed E-state index contributed by atoms with van der Waals surface area (Å²) in [5.41, 5.74) is 3.78. The molecule has 0 saturated carbocycles. The molecule has 0 fully saturated rings. The highest BCUT2D eigenvalue weighted by Gasteiger charge is 2.09. The number of hydrogen-bond acceptors (Lipinski definition) is 3. The average molecular weight is 343 g/mol. The Morgan fingerprint density at radius 3 is 2.74 bits per heavy atom. The maximum absolute atomic E-state index is 12.1. The summed E-state index contributed by atoms with van der Waals surface area (Å²) < 4.78 is 0. The Hall–Kier alpha value is -2.17. The summed E-state index contributed by atoms with van der Waals surface area (Å²) in [5, 5.41) is 6.34. The van der Waals surface area contributed by atoms with Gasteiger partial charge in [-0.3, -0.25) is 4.79 Å². The molecule has 1 amide bonds. The molecule has 0 atom stereocenters. The van der Waals surface area contributed by atoms with Crippen LogP contribution in [0.1, 0.15) is 10.6 Å². The van der Waals surface area contributed by atoms with Crippen LogP contribution < -0.4 is 5.32 Å². The highest BCUT2D eigenvalue weighted by molar-refractivity contribution is 7.10. The fraction of sp³-hybridized carbons (Fsp3) is 0.111. The first-order chi connectivity index (χ1) is 11.1. The standard InChI is InChI=1S/C18H15ClN2OS/c1-12-3-2-4-15(9-12)20-17(22)10-18-21-16(11-23-18)13-5-7-14(19)8-6-13/h2-9,11H,10H2,1H3,(H,20,22). The lowest BCUT2D eigenvalue weighted by Crippen LogP contribution is -2.14. The van der Waals surface area contributed by atoms with Crippen molar-refractivity contribution in [1.82, 2.24) is 4.98 Å². The second-order valence-corrected chi connectivity index (χ2v) is 6.61. The molecular formula is C18H15ClN2OS. The number of nitrogens with zero attached hydrogens (tertiary/aromatic N) is 1. The predicted octanol–water partition coefficient (Wildman–Crippen LogP) is 4.95. The van der Waals surface area contributed by atoms with Gasteiger partial charge in [-0.05, 0) is 36.8 Å². The maximum Gasteiger partial charge on any atom is 0.231 e. The number of amides is 1. The van der Waals surface area contributed by atoms with Gasteiger partial charge >= 0.3 is 0 Å². The fourth-order valence-corrected chi connectivity index (χ4v) is 3.14. The molecule has 3 nitrogen and oxygen atoms in total. The van der Waals surface area contributed by atoms with E-state index in [1.807, 2.05) is 60.8 Å². The van der Waals surface area contributed by atoms with Crippen LogP contribution in [0, 0.1) is 6.92 Å². The molecule has 0 aliphatic heterocycles. The van der Waals surface area contributed by atoms with Crippen molar-refractivity contribution >= 4 is 34.5 Å². The van der Waals surface area contributed by atoms with E-state index < -0.39 is 0 Å². The molecule has 0 aliphatic carbocycles. The van der Waals surface area contributed by atoms with E-state index in [1.165, 1.54) is 11.3 Å². The van der Waals surface area contributed by atoms with Crippen molar-refractivity contribution in [2.75, 3.05) is 5.32 Å². The first-order valence-corrected chi connectivity index (χ1v) is 8.43. The van der Waals surface area contributed by atoms with Crippen molar-refractivity contribution in [3.8, 4) is 11.3 Å². The fourth-order valence-electron chi connectivity index (χ4n) is 2.21. The van der Waals surface area contributed by atoms with Crippen LogP contribution in [0.2, 0.25) is 5.02 Å². The van der Waals surface area contributed by atoms with E-state index in [0.29, 0.717) is 5.02 Å². The summed E-state index contributed by atoms with van der Waals surface area (Å²) in [7, 11) is 0. The van der Waals surface area contributed by atoms with Crippen LogP contribution in [0.15, 0.2) is 53.9 Å². The lowest BCUT2D eigenvalue weighted by Gasteiger charge is -2.04. The lowest BCUT2D eigenvalue weighted by molar-refractivity contribution is -0.115. The van der Waals surface area contributed by atoms with Gasteiger partial charge in [0.1, 0.15) is 5.01 Å². The minimum Gasteiger partial charge on any atom is -0.326 e. The SMILES string of the molecule is Cc1cccc(NC(=O)Cc2nc(-c3ccc(Cl)cc3)cs2)c1. The van der Waals surface area contributed by atoms with Gasteiger partial charge in [0.2, 0.25) is 5.91 Å². The monoisotopic (exact) mass is 342 g/mol. The van der Waals surface area contributed by atoms with Crippen LogP contribution in [0.5, 0.6) is 0 Å². The van der Waals surface area contributed by atoms with Gasteiger partial charge in [-0.2, -0.15) is 0 Å². The minimum atomic E-state index is -0.0624. The van der Waals surface area contributed by atoms with Crippen molar-refractivity contribution in [3.05, 3.63) is 69.5 Å². The largest absolute Gasteiger partial charge is 0.326 e. The zero-order chi connectivity index (χ0) is 16.2. The van der Waals surface area contributed by atoms with Gasteiger partial charge in [0.05, 0.1) is 12.1 Å². The van der Waals surface area contributed by atoms with Crippen LogP contribution >= 0.6 is 22.9 Å². The van der Waals surface area contributed by atoms with Crippen molar-refractivity contribution in [2.24, 2.45) is 0 Å². The normalized spacial score (nSPS) is 10.5. The minimum absolute atomic E-state index is 0.0624. The summed E-state index contributed by atoms with van der Waals surface area (Å²) in [5.74, 6) is -0.0624. The third-order valence-electron chi connectivity index (χ3n) is 3.31. The molecule has 0 radical (unpaired) electrons. The number of nitrogens with one attached hydrogen (secondary N) is 1. The molecule has 23 heavy (non-hydrogen) atoms. The Morgan fingerprint density at radius 1 is 1.22 bits per heavy atom. The molecule has 3 aromatic rings. The van der Waals surface area contributed by atoms with Gasteiger partial charge in [-0.15, -0.1) is 11.3 Å². The van der Waals surface area contributed by atoms with E-state index in [0.717, 1.165) is 27.5 Å². The number of anilines is 1. The van der Waals surface area contributed by atoms with Gasteiger partial charge < -0.3 is 5.32 Å². The Labute approximate surface area is 144 Å². The molecular weight excluding hydrogens is 328 g/mol. The van der Waals surface area contributed by atoms with Gasteiger partial charge in [-0.25, -0.2) is 4.98 Å². The van der Waals surface area contributed by atoms with Gasteiger partial charge in [0.25, 0.3) is 0 Å². The Bertz CT molecular complexity index is 827. The third-order valence-corrected chi connectivity index (χ3v) is 4.41. The number of aryl methyl sites for hydroxylation is 1. The lowest BCUT2D eigenvalue weighted by atomic mass is 10.2. The van der Waals surface area contributed by atoms with Crippen molar-refractivity contribution in [3.63, 3.8) is 0 Å². The van der Waals surface area contributed by atoms with Crippen molar-refractivity contribution in [2.45, 2.75) is 13.3 Å². The summed E-state index contributed by atoms with van der Waals surface area (Å²) in [6, 6.07) is 15.3. The molecule has 0 unspecified atom stereocenters. The molecule has 0 saturated heterocycles. The zero-order valence-corrected chi connectivity index (χ0v) is 14.1. The highest BCUT2D eigenvalue weighted by Crippen LogP contribution is 2.24. The Morgan fingerprint density at radius 2 is 2.00 bits per heavy atom. The molecule has 2 aromatic carbocycles. The molecule has 0 aliphatic rings. The number of aromatic nitrogens is 1. The quantitative estimate of drug-likeness (QED) is 0.728. The van der Waals surface area contributed by atoms with Gasteiger partial charge in [-0.1, -0.05) is 35.9 Å². The van der Waals surface area contributed by atoms with Crippen LogP contribution in [0.4, 0.5) is 5.69 Å². The molecule has 1 N–H and O–H groups in total. The number of hydrogen-bond donors (Lipinski definition) is 1. The smallest absolute Gasteiger partial charge is 0.231 e. The van der Waals surface area contributed by atoms with E-state index in [4.69, 9.17) is 11.6 Å². The molecule has 0 bridgehead atoms. The number of rotatable bonds is 4. The molecule has 0 spiro atoms. The number of thiazole rings is 1. The number of carbonyl (C=O) groups is 1. The Kier molecular flexibility index (Phi) is 4.74. The summed E-state index contributed by atoms with van der Waals surface area (Å²) in [6.45, 7) is 1.99. The predicted molar refractivity (Wildman–Crippen MR) is 96.1 cm³/mol. The molecule has 3 rings (SSSR count). The first-order valence-electron chi connectivity index (χ1n) is 7.17. The van der Waals surface area contributed by atoms with E-state index >= 15 is 0 Å². The van der Waals surface area contributed by atoms with E-state index in [9.17, 15) is 4.79 Å². The molecule has 1 aromatic heterocycles. The first kappa shape index (κ1) is 15.7. The maximum atomic E-state index is 12.1. The number of benzene rings is 2. The number of halogens is 1. The summed E-state index contributed by atoms with van der Waals surface area (Å²) in [4.78, 5) is 16.6. The Balaban J connectivity index is 1.66. The van der Waals surface area contributed by atoms with Crippen molar-refractivity contribution < 1.29 is 4.79 Å². The van der Waals surface area contributed by atoms with Crippen LogP contribution in [-0.4, -0.2) is 10.9 Å². The van der Waals surface area contributed by atoms with Crippen molar-refractivity contribution in [1.29, 1.82) is 0 Å². The number of carbonyl (C=O) groups excluding carboxylic acids is 1. The van der Waals surface area contributed by atoms with E-state index in [-0.39, 0.29) is 12.3 Å². The van der Waals surface area contributed by atoms with Crippen LogP contribution in [0.3, 0.4) is 0 Å².